The topological polar surface area (TPSA) is 79.8 Å². The minimum atomic E-state index is -0.819. The Morgan fingerprint density at radius 2 is 1.60 bits per heavy atom. The standard InChI is InChI=1S/C24H23N3O3/c1-18-7-5-6-10-21(18)17-30-22-13-11-20(12-14-22)16-26-27-24(29)23(28)25-15-19-8-3-2-4-9-19/h2-14,16H,15,17H2,1H3,(H,25,28)(H,27,29). The van der Waals surface area contributed by atoms with E-state index in [-0.39, 0.29) is 6.54 Å². The van der Waals surface area contributed by atoms with Gasteiger partial charge >= 0.3 is 11.8 Å². The van der Waals surface area contributed by atoms with Crippen molar-refractivity contribution in [2.75, 3.05) is 0 Å². The number of carbonyl (C=O) groups excluding carboxylic acids is 2. The van der Waals surface area contributed by atoms with Crippen LogP contribution in [0.1, 0.15) is 22.3 Å². The average Bonchev–Trinajstić information content (AvgIpc) is 2.78. The van der Waals surface area contributed by atoms with Crippen molar-refractivity contribution in [3.05, 3.63) is 101 Å². The molecule has 0 aliphatic heterocycles. The van der Waals surface area contributed by atoms with Gasteiger partial charge in [-0.1, -0.05) is 54.6 Å². The monoisotopic (exact) mass is 401 g/mol. The maximum atomic E-state index is 11.8. The largest absolute Gasteiger partial charge is 0.489 e. The number of hydrogen-bond acceptors (Lipinski definition) is 4. The van der Waals surface area contributed by atoms with Crippen molar-refractivity contribution in [1.29, 1.82) is 0 Å². The molecule has 0 aromatic heterocycles. The lowest BCUT2D eigenvalue weighted by Crippen LogP contribution is -2.37. The fourth-order valence-electron chi connectivity index (χ4n) is 2.66. The number of rotatable bonds is 7. The lowest BCUT2D eigenvalue weighted by molar-refractivity contribution is -0.139. The highest BCUT2D eigenvalue weighted by atomic mass is 16.5. The molecule has 0 unspecified atom stereocenters. The number of amides is 2. The molecule has 0 bridgehead atoms. The van der Waals surface area contributed by atoms with E-state index < -0.39 is 11.8 Å². The molecule has 0 saturated heterocycles. The second-order valence-electron chi connectivity index (χ2n) is 6.65. The molecule has 0 fully saturated rings. The second-order valence-corrected chi connectivity index (χ2v) is 6.65. The molecule has 152 valence electrons. The molecule has 0 aliphatic carbocycles. The normalized spacial score (nSPS) is 10.6. The maximum absolute atomic E-state index is 11.8. The SMILES string of the molecule is Cc1ccccc1COc1ccc(C=NNC(=O)C(=O)NCc2ccccc2)cc1. The van der Waals surface area contributed by atoms with Gasteiger partial charge in [0.2, 0.25) is 0 Å². The summed E-state index contributed by atoms with van der Waals surface area (Å²) in [4.78, 5) is 23.6. The smallest absolute Gasteiger partial charge is 0.329 e. The van der Waals surface area contributed by atoms with Gasteiger partial charge in [-0.15, -0.1) is 0 Å². The van der Waals surface area contributed by atoms with E-state index in [1.54, 1.807) is 0 Å². The molecule has 0 saturated carbocycles. The van der Waals surface area contributed by atoms with Crippen LogP contribution in [0.5, 0.6) is 5.75 Å². The van der Waals surface area contributed by atoms with E-state index in [4.69, 9.17) is 4.74 Å². The van der Waals surface area contributed by atoms with Crippen LogP contribution in [0.2, 0.25) is 0 Å². The zero-order valence-corrected chi connectivity index (χ0v) is 16.7. The van der Waals surface area contributed by atoms with Gasteiger partial charge in [-0.3, -0.25) is 9.59 Å². The van der Waals surface area contributed by atoms with Crippen molar-refractivity contribution in [2.24, 2.45) is 5.10 Å². The lowest BCUT2D eigenvalue weighted by atomic mass is 10.1. The molecule has 6 nitrogen and oxygen atoms in total. The zero-order chi connectivity index (χ0) is 21.2. The summed E-state index contributed by atoms with van der Waals surface area (Å²) in [7, 11) is 0. The van der Waals surface area contributed by atoms with Gasteiger partial charge in [-0.25, -0.2) is 5.43 Å². The molecular formula is C24H23N3O3. The van der Waals surface area contributed by atoms with Crippen molar-refractivity contribution in [1.82, 2.24) is 10.7 Å². The minimum Gasteiger partial charge on any atom is -0.489 e. The summed E-state index contributed by atoms with van der Waals surface area (Å²) in [6, 6.07) is 24.7. The van der Waals surface area contributed by atoms with E-state index in [0.717, 1.165) is 22.4 Å². The van der Waals surface area contributed by atoms with Crippen LogP contribution in [0.4, 0.5) is 0 Å². The van der Waals surface area contributed by atoms with Gasteiger partial charge in [0.25, 0.3) is 0 Å². The molecule has 3 aromatic rings. The first kappa shape index (κ1) is 20.8. The highest BCUT2D eigenvalue weighted by Gasteiger charge is 2.11. The fourth-order valence-corrected chi connectivity index (χ4v) is 2.66. The Bertz CT molecular complexity index is 1020. The molecule has 0 spiro atoms. The first-order valence-corrected chi connectivity index (χ1v) is 9.54. The van der Waals surface area contributed by atoms with Gasteiger partial charge in [-0.2, -0.15) is 5.10 Å². The molecular weight excluding hydrogens is 378 g/mol. The van der Waals surface area contributed by atoms with Gasteiger partial charge in [0, 0.05) is 6.54 Å². The first-order chi connectivity index (χ1) is 14.6. The van der Waals surface area contributed by atoms with E-state index in [1.807, 2.05) is 72.8 Å². The molecule has 30 heavy (non-hydrogen) atoms. The second kappa shape index (κ2) is 10.6. The Morgan fingerprint density at radius 3 is 2.33 bits per heavy atom. The first-order valence-electron chi connectivity index (χ1n) is 9.54. The lowest BCUT2D eigenvalue weighted by Gasteiger charge is -2.08. The van der Waals surface area contributed by atoms with Gasteiger partial charge < -0.3 is 10.1 Å². The van der Waals surface area contributed by atoms with E-state index >= 15 is 0 Å². The van der Waals surface area contributed by atoms with Crippen LogP contribution in [0.3, 0.4) is 0 Å². The van der Waals surface area contributed by atoms with Crippen LogP contribution in [0, 0.1) is 6.92 Å². The summed E-state index contributed by atoms with van der Waals surface area (Å²) in [6.07, 6.45) is 1.47. The quantitative estimate of drug-likeness (QED) is 0.362. The highest BCUT2D eigenvalue weighted by Crippen LogP contribution is 2.15. The predicted octanol–water partition coefficient (Wildman–Crippen LogP) is 3.34. The van der Waals surface area contributed by atoms with Crippen LogP contribution >= 0.6 is 0 Å². The molecule has 2 amide bonds. The Balaban J connectivity index is 1.43. The number of nitrogens with zero attached hydrogens (tertiary/aromatic N) is 1. The van der Waals surface area contributed by atoms with Crippen LogP contribution in [0.15, 0.2) is 84.0 Å². The van der Waals surface area contributed by atoms with E-state index in [2.05, 4.69) is 28.8 Å². The molecule has 3 aromatic carbocycles. The Hall–Kier alpha value is -3.93. The minimum absolute atomic E-state index is 0.279. The molecule has 0 radical (unpaired) electrons. The van der Waals surface area contributed by atoms with Gasteiger partial charge in [0.05, 0.1) is 6.21 Å². The third-order valence-electron chi connectivity index (χ3n) is 4.42. The molecule has 2 N–H and O–H groups in total. The number of benzene rings is 3. The number of carbonyl (C=O) groups is 2. The molecule has 0 aliphatic rings. The molecule has 0 atom stereocenters. The third-order valence-corrected chi connectivity index (χ3v) is 4.42. The molecule has 3 rings (SSSR count). The number of hydrogen-bond donors (Lipinski definition) is 2. The highest BCUT2D eigenvalue weighted by molar-refractivity contribution is 6.35. The predicted molar refractivity (Wildman–Crippen MR) is 116 cm³/mol. The summed E-state index contributed by atoms with van der Waals surface area (Å²) in [5, 5.41) is 6.37. The summed E-state index contributed by atoms with van der Waals surface area (Å²) in [5.41, 5.74) is 6.22. The summed E-state index contributed by atoms with van der Waals surface area (Å²) < 4.78 is 5.80. The van der Waals surface area contributed by atoms with Crippen LogP contribution in [0.25, 0.3) is 0 Å². The van der Waals surface area contributed by atoms with E-state index in [0.29, 0.717) is 6.61 Å². The number of hydrazone groups is 1. The summed E-state index contributed by atoms with van der Waals surface area (Å²) in [6.45, 7) is 2.82. The number of aryl methyl sites for hydroxylation is 1. The van der Waals surface area contributed by atoms with Gasteiger partial charge in [0.1, 0.15) is 12.4 Å². The van der Waals surface area contributed by atoms with Crippen molar-refractivity contribution < 1.29 is 14.3 Å². The summed E-state index contributed by atoms with van der Waals surface area (Å²) >= 11 is 0. The van der Waals surface area contributed by atoms with Crippen LogP contribution in [-0.4, -0.2) is 18.0 Å². The number of ether oxygens (including phenoxy) is 1. The maximum Gasteiger partial charge on any atom is 0.329 e. The fraction of sp³-hybridized carbons (Fsp3) is 0.125. The van der Waals surface area contributed by atoms with Crippen molar-refractivity contribution in [3.63, 3.8) is 0 Å². The van der Waals surface area contributed by atoms with Crippen LogP contribution in [-0.2, 0) is 22.7 Å². The van der Waals surface area contributed by atoms with Crippen molar-refractivity contribution >= 4 is 18.0 Å². The Labute approximate surface area is 175 Å². The van der Waals surface area contributed by atoms with Crippen molar-refractivity contribution in [2.45, 2.75) is 20.1 Å². The van der Waals surface area contributed by atoms with Gasteiger partial charge in [0.15, 0.2) is 0 Å². The third kappa shape index (κ3) is 6.31. The number of nitrogens with one attached hydrogen (secondary N) is 2. The average molecular weight is 401 g/mol. The Kier molecular flexibility index (Phi) is 7.33. The molecule has 6 heteroatoms. The molecule has 0 heterocycles. The zero-order valence-electron chi connectivity index (χ0n) is 16.7. The van der Waals surface area contributed by atoms with E-state index in [9.17, 15) is 9.59 Å². The van der Waals surface area contributed by atoms with E-state index in [1.165, 1.54) is 11.8 Å². The van der Waals surface area contributed by atoms with Crippen molar-refractivity contribution in [3.8, 4) is 5.75 Å². The Morgan fingerprint density at radius 1 is 0.900 bits per heavy atom. The summed E-state index contributed by atoms with van der Waals surface area (Å²) in [5.74, 6) is -0.823. The van der Waals surface area contributed by atoms with Crippen LogP contribution < -0.4 is 15.5 Å². The van der Waals surface area contributed by atoms with Gasteiger partial charge in [-0.05, 0) is 53.4 Å².